The molecule has 0 saturated carbocycles. The lowest BCUT2D eigenvalue weighted by Gasteiger charge is -2.40. The second-order valence-electron chi connectivity index (χ2n) is 6.31. The molecule has 7 nitrogen and oxygen atoms in total. The first kappa shape index (κ1) is 16.7. The molecule has 2 saturated heterocycles. The van der Waals surface area contributed by atoms with Crippen molar-refractivity contribution in [2.24, 2.45) is 0 Å². The van der Waals surface area contributed by atoms with Gasteiger partial charge in [-0.05, 0) is 25.3 Å². The molecule has 3 rings (SSSR count). The zero-order valence-corrected chi connectivity index (χ0v) is 14.2. The third-order valence-electron chi connectivity index (χ3n) is 4.84. The molecule has 1 aromatic heterocycles. The fraction of sp³-hybridized carbons (Fsp3) is 0.647. The number of likely N-dealkylation sites (tertiary alicyclic amines) is 1. The van der Waals surface area contributed by atoms with Gasteiger partial charge in [0, 0.05) is 51.5 Å². The van der Waals surface area contributed by atoms with E-state index >= 15 is 0 Å². The van der Waals surface area contributed by atoms with E-state index in [9.17, 15) is 9.59 Å². The van der Waals surface area contributed by atoms with Gasteiger partial charge in [-0.15, -0.1) is 0 Å². The van der Waals surface area contributed by atoms with Crippen LogP contribution in [0.15, 0.2) is 18.5 Å². The van der Waals surface area contributed by atoms with Gasteiger partial charge in [0.2, 0.25) is 17.8 Å². The number of rotatable bonds is 3. The van der Waals surface area contributed by atoms with Gasteiger partial charge in [0.05, 0.1) is 0 Å². The SMILES string of the molecule is CCC(=O)N1CCCCC1C(=O)N1CCN(c2ncccn2)CC1. The molecule has 24 heavy (non-hydrogen) atoms. The van der Waals surface area contributed by atoms with E-state index in [1.165, 1.54) is 0 Å². The van der Waals surface area contributed by atoms with E-state index in [1.54, 1.807) is 23.4 Å². The van der Waals surface area contributed by atoms with Gasteiger partial charge in [-0.1, -0.05) is 6.92 Å². The van der Waals surface area contributed by atoms with Gasteiger partial charge in [-0.2, -0.15) is 0 Å². The van der Waals surface area contributed by atoms with Crippen LogP contribution in [0.3, 0.4) is 0 Å². The van der Waals surface area contributed by atoms with Crippen molar-refractivity contribution in [3.63, 3.8) is 0 Å². The lowest BCUT2D eigenvalue weighted by atomic mass is 10.00. The Hall–Kier alpha value is -2.18. The van der Waals surface area contributed by atoms with Crippen molar-refractivity contribution in [2.45, 2.75) is 38.6 Å². The standard InChI is InChI=1S/C17H25N5O2/c1-2-15(23)22-9-4-3-6-14(22)16(24)20-10-12-21(13-11-20)17-18-7-5-8-19-17/h5,7-8,14H,2-4,6,9-13H2,1H3. The van der Waals surface area contributed by atoms with E-state index in [0.29, 0.717) is 32.0 Å². The molecule has 7 heteroatoms. The number of hydrogen-bond acceptors (Lipinski definition) is 5. The Morgan fingerprint density at radius 1 is 1.08 bits per heavy atom. The smallest absolute Gasteiger partial charge is 0.245 e. The maximum absolute atomic E-state index is 12.9. The van der Waals surface area contributed by atoms with Crippen LogP contribution in [0.1, 0.15) is 32.6 Å². The van der Waals surface area contributed by atoms with E-state index in [-0.39, 0.29) is 17.9 Å². The molecule has 1 aromatic rings. The Balaban J connectivity index is 1.61. The van der Waals surface area contributed by atoms with Crippen LogP contribution in [0, 0.1) is 0 Å². The predicted molar refractivity (Wildman–Crippen MR) is 90.5 cm³/mol. The highest BCUT2D eigenvalue weighted by atomic mass is 16.2. The molecule has 1 unspecified atom stereocenters. The maximum Gasteiger partial charge on any atom is 0.245 e. The number of amides is 2. The molecule has 0 aromatic carbocycles. The molecular weight excluding hydrogens is 306 g/mol. The van der Waals surface area contributed by atoms with Crippen molar-refractivity contribution in [2.75, 3.05) is 37.6 Å². The van der Waals surface area contributed by atoms with Gasteiger partial charge in [0.25, 0.3) is 0 Å². The molecule has 0 N–H and O–H groups in total. The molecular formula is C17H25N5O2. The van der Waals surface area contributed by atoms with Crippen LogP contribution in [0.5, 0.6) is 0 Å². The zero-order chi connectivity index (χ0) is 16.9. The Bertz CT molecular complexity index is 572. The van der Waals surface area contributed by atoms with Gasteiger partial charge >= 0.3 is 0 Å². The second-order valence-corrected chi connectivity index (χ2v) is 6.31. The summed E-state index contributed by atoms with van der Waals surface area (Å²) in [5.74, 6) is 0.902. The summed E-state index contributed by atoms with van der Waals surface area (Å²) in [5.41, 5.74) is 0. The van der Waals surface area contributed by atoms with Gasteiger partial charge in [0.1, 0.15) is 6.04 Å². The molecule has 2 fully saturated rings. The highest BCUT2D eigenvalue weighted by molar-refractivity contribution is 5.88. The Labute approximate surface area is 142 Å². The van der Waals surface area contributed by atoms with Gasteiger partial charge in [-0.3, -0.25) is 9.59 Å². The van der Waals surface area contributed by atoms with Crippen molar-refractivity contribution in [1.29, 1.82) is 0 Å². The first-order valence-corrected chi connectivity index (χ1v) is 8.81. The average molecular weight is 331 g/mol. The highest BCUT2D eigenvalue weighted by Gasteiger charge is 2.35. The van der Waals surface area contributed by atoms with Crippen LogP contribution in [-0.4, -0.2) is 70.3 Å². The van der Waals surface area contributed by atoms with Crippen LogP contribution < -0.4 is 4.90 Å². The van der Waals surface area contributed by atoms with Crippen LogP contribution in [0.25, 0.3) is 0 Å². The number of aromatic nitrogens is 2. The molecule has 0 bridgehead atoms. The van der Waals surface area contributed by atoms with Gasteiger partial charge in [0.15, 0.2) is 0 Å². The summed E-state index contributed by atoms with van der Waals surface area (Å²) in [7, 11) is 0. The van der Waals surface area contributed by atoms with Gasteiger partial charge < -0.3 is 14.7 Å². The topological polar surface area (TPSA) is 69.6 Å². The Morgan fingerprint density at radius 2 is 1.79 bits per heavy atom. The molecule has 0 aliphatic carbocycles. The number of carbonyl (C=O) groups excluding carboxylic acids is 2. The number of piperazine rings is 1. The van der Waals surface area contributed by atoms with Crippen molar-refractivity contribution in [3.05, 3.63) is 18.5 Å². The lowest BCUT2D eigenvalue weighted by molar-refractivity contribution is -0.147. The van der Waals surface area contributed by atoms with Crippen molar-refractivity contribution in [3.8, 4) is 0 Å². The molecule has 2 aliphatic rings. The number of piperidine rings is 1. The first-order chi connectivity index (χ1) is 11.7. The number of hydrogen-bond donors (Lipinski definition) is 0. The summed E-state index contributed by atoms with van der Waals surface area (Å²) >= 11 is 0. The largest absolute Gasteiger partial charge is 0.337 e. The molecule has 0 radical (unpaired) electrons. The van der Waals surface area contributed by atoms with E-state index in [1.807, 2.05) is 11.8 Å². The third kappa shape index (κ3) is 3.49. The molecule has 130 valence electrons. The number of anilines is 1. The molecule has 2 amide bonds. The fourth-order valence-corrected chi connectivity index (χ4v) is 3.48. The van der Waals surface area contributed by atoms with Crippen LogP contribution in [0.4, 0.5) is 5.95 Å². The van der Waals surface area contributed by atoms with Gasteiger partial charge in [-0.25, -0.2) is 9.97 Å². The monoisotopic (exact) mass is 331 g/mol. The first-order valence-electron chi connectivity index (χ1n) is 8.81. The van der Waals surface area contributed by atoms with Crippen LogP contribution in [0.2, 0.25) is 0 Å². The van der Waals surface area contributed by atoms with E-state index in [0.717, 1.165) is 32.4 Å². The minimum Gasteiger partial charge on any atom is -0.337 e. The Kier molecular flexibility index (Phi) is 5.27. The third-order valence-corrected chi connectivity index (χ3v) is 4.84. The van der Waals surface area contributed by atoms with Crippen LogP contribution in [-0.2, 0) is 9.59 Å². The summed E-state index contributed by atoms with van der Waals surface area (Å²) in [6, 6.07) is 1.52. The second kappa shape index (κ2) is 7.59. The molecule has 2 aliphatic heterocycles. The Morgan fingerprint density at radius 3 is 2.46 bits per heavy atom. The summed E-state index contributed by atoms with van der Waals surface area (Å²) < 4.78 is 0. The average Bonchev–Trinajstić information content (AvgIpc) is 2.67. The summed E-state index contributed by atoms with van der Waals surface area (Å²) in [6.07, 6.45) is 6.72. The zero-order valence-electron chi connectivity index (χ0n) is 14.2. The highest BCUT2D eigenvalue weighted by Crippen LogP contribution is 2.21. The quantitative estimate of drug-likeness (QED) is 0.824. The molecule has 3 heterocycles. The van der Waals surface area contributed by atoms with Crippen molar-refractivity contribution < 1.29 is 9.59 Å². The van der Waals surface area contributed by atoms with Crippen LogP contribution >= 0.6 is 0 Å². The lowest BCUT2D eigenvalue weighted by Crippen LogP contribution is -2.57. The summed E-state index contributed by atoms with van der Waals surface area (Å²) in [4.78, 5) is 39.4. The minimum atomic E-state index is -0.272. The molecule has 1 atom stereocenters. The number of nitrogens with zero attached hydrogens (tertiary/aromatic N) is 5. The van der Waals surface area contributed by atoms with Crippen molar-refractivity contribution in [1.82, 2.24) is 19.8 Å². The molecule has 0 spiro atoms. The fourth-order valence-electron chi connectivity index (χ4n) is 3.48. The predicted octanol–water partition coefficient (Wildman–Crippen LogP) is 0.916. The van der Waals surface area contributed by atoms with Crippen molar-refractivity contribution >= 4 is 17.8 Å². The summed E-state index contributed by atoms with van der Waals surface area (Å²) in [6.45, 7) is 5.33. The van der Waals surface area contributed by atoms with E-state index in [4.69, 9.17) is 0 Å². The normalized spacial score (nSPS) is 21.7. The summed E-state index contributed by atoms with van der Waals surface area (Å²) in [5, 5.41) is 0. The van der Waals surface area contributed by atoms with E-state index in [2.05, 4.69) is 14.9 Å². The van der Waals surface area contributed by atoms with E-state index < -0.39 is 0 Å². The minimum absolute atomic E-state index is 0.0874. The number of carbonyl (C=O) groups is 2. The maximum atomic E-state index is 12.9.